The van der Waals surface area contributed by atoms with E-state index in [1.165, 1.54) is 0 Å². The number of fused-ring (bicyclic) bond motifs is 1. The lowest BCUT2D eigenvalue weighted by molar-refractivity contribution is -0.0743. The van der Waals surface area contributed by atoms with Crippen LogP contribution in [0.3, 0.4) is 0 Å². The second kappa shape index (κ2) is 8.20. The zero-order chi connectivity index (χ0) is 18.5. The Morgan fingerprint density at radius 1 is 1.11 bits per heavy atom. The smallest absolute Gasteiger partial charge is 0.251 e. The molecule has 0 bridgehead atoms. The fourth-order valence-corrected chi connectivity index (χ4v) is 3.07. The van der Waals surface area contributed by atoms with Crippen molar-refractivity contribution in [2.75, 3.05) is 13.2 Å². The van der Waals surface area contributed by atoms with Gasteiger partial charge in [0.1, 0.15) is 6.10 Å². The fraction of sp³-hybridized carbons (Fsp3) is 0.300. The minimum Gasteiger partial charge on any atom is -0.379 e. The molecule has 2 unspecified atom stereocenters. The molecule has 0 saturated carbocycles. The molecule has 1 N–H and O–H groups in total. The topological polar surface area (TPSA) is 86.2 Å². The third-order valence-corrected chi connectivity index (χ3v) is 4.52. The van der Waals surface area contributed by atoms with Gasteiger partial charge in [0.05, 0.1) is 36.0 Å². The Labute approximate surface area is 156 Å². The molecule has 1 aliphatic heterocycles. The van der Waals surface area contributed by atoms with Gasteiger partial charge in [0.2, 0.25) is 0 Å². The van der Waals surface area contributed by atoms with Crippen LogP contribution in [-0.2, 0) is 16.1 Å². The Kier molecular flexibility index (Phi) is 5.32. The summed E-state index contributed by atoms with van der Waals surface area (Å²) in [7, 11) is 0. The molecule has 7 heteroatoms. The van der Waals surface area contributed by atoms with Crippen LogP contribution in [0.2, 0.25) is 0 Å². The molecular weight excluding hydrogens is 344 g/mol. The molecule has 138 valence electrons. The van der Waals surface area contributed by atoms with Crippen LogP contribution in [0, 0.1) is 0 Å². The lowest BCUT2D eigenvalue weighted by Crippen LogP contribution is -2.50. The zero-order valence-electron chi connectivity index (χ0n) is 14.7. The standard InChI is InChI=1S/C20H20N4O3/c25-20(14-4-5-16-18(11-14)23-9-8-22-16)24-17-6-10-26-13-19(17)27-12-15-3-1-2-7-21-15/h1-5,7-9,11,17,19H,6,10,12-13H2,(H,24,25). The third kappa shape index (κ3) is 4.27. The maximum Gasteiger partial charge on any atom is 0.251 e. The summed E-state index contributed by atoms with van der Waals surface area (Å²) in [5, 5.41) is 3.07. The van der Waals surface area contributed by atoms with E-state index in [-0.39, 0.29) is 18.1 Å². The number of hydrogen-bond donors (Lipinski definition) is 1. The third-order valence-electron chi connectivity index (χ3n) is 4.52. The van der Waals surface area contributed by atoms with E-state index < -0.39 is 0 Å². The van der Waals surface area contributed by atoms with Crippen molar-refractivity contribution in [3.8, 4) is 0 Å². The summed E-state index contributed by atoms with van der Waals surface area (Å²) >= 11 is 0. The van der Waals surface area contributed by atoms with E-state index >= 15 is 0 Å². The molecule has 3 aromatic rings. The highest BCUT2D eigenvalue weighted by atomic mass is 16.5. The number of carbonyl (C=O) groups is 1. The van der Waals surface area contributed by atoms with Gasteiger partial charge in [-0.15, -0.1) is 0 Å². The quantitative estimate of drug-likeness (QED) is 0.746. The first kappa shape index (κ1) is 17.5. The van der Waals surface area contributed by atoms with E-state index in [1.54, 1.807) is 36.8 Å². The van der Waals surface area contributed by atoms with E-state index in [1.807, 2.05) is 18.2 Å². The second-order valence-electron chi connectivity index (χ2n) is 6.37. The maximum atomic E-state index is 12.7. The minimum absolute atomic E-state index is 0.118. The van der Waals surface area contributed by atoms with Crippen LogP contribution in [0.4, 0.5) is 0 Å². The molecule has 0 spiro atoms. The van der Waals surface area contributed by atoms with Crippen molar-refractivity contribution in [2.24, 2.45) is 0 Å². The van der Waals surface area contributed by atoms with Crippen molar-refractivity contribution in [1.82, 2.24) is 20.3 Å². The summed E-state index contributed by atoms with van der Waals surface area (Å²) in [5.41, 5.74) is 2.86. The molecule has 3 heterocycles. The number of carbonyl (C=O) groups excluding carboxylic acids is 1. The monoisotopic (exact) mass is 364 g/mol. The lowest BCUT2D eigenvalue weighted by atomic mass is 10.0. The molecule has 1 aliphatic rings. The number of hydrogen-bond acceptors (Lipinski definition) is 6. The number of ether oxygens (including phenoxy) is 2. The first-order valence-electron chi connectivity index (χ1n) is 8.90. The van der Waals surface area contributed by atoms with E-state index in [0.29, 0.717) is 37.3 Å². The van der Waals surface area contributed by atoms with Crippen LogP contribution >= 0.6 is 0 Å². The Hall–Kier alpha value is -2.90. The van der Waals surface area contributed by atoms with Gasteiger partial charge in [0.25, 0.3) is 5.91 Å². The summed E-state index contributed by atoms with van der Waals surface area (Å²) in [6, 6.07) is 10.9. The molecule has 0 radical (unpaired) electrons. The molecule has 7 nitrogen and oxygen atoms in total. The molecule has 0 aliphatic carbocycles. The van der Waals surface area contributed by atoms with Crippen molar-refractivity contribution < 1.29 is 14.3 Å². The Morgan fingerprint density at radius 3 is 2.85 bits per heavy atom. The Morgan fingerprint density at radius 2 is 2.00 bits per heavy atom. The second-order valence-corrected chi connectivity index (χ2v) is 6.37. The van der Waals surface area contributed by atoms with Crippen LogP contribution in [0.1, 0.15) is 22.5 Å². The first-order chi connectivity index (χ1) is 13.3. The molecule has 27 heavy (non-hydrogen) atoms. The van der Waals surface area contributed by atoms with Crippen LogP contribution in [0.25, 0.3) is 11.0 Å². The predicted molar refractivity (Wildman–Crippen MR) is 99.0 cm³/mol. The van der Waals surface area contributed by atoms with Gasteiger partial charge in [-0.1, -0.05) is 6.07 Å². The Balaban J connectivity index is 1.42. The van der Waals surface area contributed by atoms with Gasteiger partial charge in [0, 0.05) is 30.8 Å². The van der Waals surface area contributed by atoms with E-state index in [9.17, 15) is 4.79 Å². The van der Waals surface area contributed by atoms with Crippen molar-refractivity contribution in [2.45, 2.75) is 25.2 Å². The highest BCUT2D eigenvalue weighted by Crippen LogP contribution is 2.16. The van der Waals surface area contributed by atoms with Crippen LogP contribution in [0.5, 0.6) is 0 Å². The van der Waals surface area contributed by atoms with Crippen molar-refractivity contribution in [1.29, 1.82) is 0 Å². The van der Waals surface area contributed by atoms with Gasteiger partial charge in [0.15, 0.2) is 0 Å². The Bertz CT molecular complexity index is 919. The number of nitrogens with zero attached hydrogens (tertiary/aromatic N) is 3. The molecule has 1 aromatic carbocycles. The van der Waals surface area contributed by atoms with Crippen molar-refractivity contribution in [3.05, 3.63) is 66.2 Å². The zero-order valence-corrected chi connectivity index (χ0v) is 14.7. The van der Waals surface area contributed by atoms with Gasteiger partial charge in [-0.25, -0.2) is 0 Å². The maximum absolute atomic E-state index is 12.7. The van der Waals surface area contributed by atoms with Crippen LogP contribution < -0.4 is 5.32 Å². The highest BCUT2D eigenvalue weighted by molar-refractivity contribution is 5.97. The predicted octanol–water partition coefficient (Wildman–Crippen LogP) is 2.13. The van der Waals surface area contributed by atoms with Gasteiger partial charge >= 0.3 is 0 Å². The average molecular weight is 364 g/mol. The summed E-state index contributed by atoms with van der Waals surface area (Å²) in [5.74, 6) is -0.152. The SMILES string of the molecule is O=C(NC1CCOCC1OCc1ccccn1)c1ccc2nccnc2c1. The van der Waals surface area contributed by atoms with Gasteiger partial charge in [-0.05, 0) is 36.8 Å². The number of pyridine rings is 1. The average Bonchev–Trinajstić information content (AvgIpc) is 2.73. The molecule has 1 saturated heterocycles. The molecule has 4 rings (SSSR count). The molecule has 1 amide bonds. The van der Waals surface area contributed by atoms with Crippen LogP contribution in [0.15, 0.2) is 55.0 Å². The molecule has 2 aromatic heterocycles. The summed E-state index contributed by atoms with van der Waals surface area (Å²) in [6.07, 6.45) is 5.46. The highest BCUT2D eigenvalue weighted by Gasteiger charge is 2.28. The number of amides is 1. The van der Waals surface area contributed by atoms with E-state index in [0.717, 1.165) is 11.2 Å². The van der Waals surface area contributed by atoms with Crippen molar-refractivity contribution >= 4 is 16.9 Å². The van der Waals surface area contributed by atoms with E-state index in [4.69, 9.17) is 9.47 Å². The van der Waals surface area contributed by atoms with E-state index in [2.05, 4.69) is 20.3 Å². The van der Waals surface area contributed by atoms with Gasteiger partial charge in [-0.3, -0.25) is 19.7 Å². The number of rotatable bonds is 5. The van der Waals surface area contributed by atoms with Crippen LogP contribution in [-0.4, -0.2) is 46.2 Å². The molecular formula is C20H20N4O3. The number of aromatic nitrogens is 3. The minimum atomic E-state index is -0.218. The summed E-state index contributed by atoms with van der Waals surface area (Å²) in [4.78, 5) is 25.4. The van der Waals surface area contributed by atoms with Gasteiger partial charge in [-0.2, -0.15) is 0 Å². The fourth-order valence-electron chi connectivity index (χ4n) is 3.07. The first-order valence-corrected chi connectivity index (χ1v) is 8.90. The summed E-state index contributed by atoms with van der Waals surface area (Å²) in [6.45, 7) is 1.42. The summed E-state index contributed by atoms with van der Waals surface area (Å²) < 4.78 is 11.5. The van der Waals surface area contributed by atoms with Gasteiger partial charge < -0.3 is 14.8 Å². The number of benzene rings is 1. The molecule has 1 fully saturated rings. The molecule has 2 atom stereocenters. The normalized spacial score (nSPS) is 19.7. The lowest BCUT2D eigenvalue weighted by Gasteiger charge is -2.32. The number of nitrogens with one attached hydrogen (secondary N) is 1. The van der Waals surface area contributed by atoms with Crippen molar-refractivity contribution in [3.63, 3.8) is 0 Å². The largest absolute Gasteiger partial charge is 0.379 e.